The van der Waals surface area contributed by atoms with Gasteiger partial charge in [0.15, 0.2) is 5.82 Å². The molecule has 0 spiro atoms. The van der Waals surface area contributed by atoms with Gasteiger partial charge in [0.05, 0.1) is 11.8 Å². The summed E-state index contributed by atoms with van der Waals surface area (Å²) in [6.45, 7) is 0. The molecule has 1 fully saturated rings. The summed E-state index contributed by atoms with van der Waals surface area (Å²) >= 11 is 5.90. The van der Waals surface area contributed by atoms with E-state index in [2.05, 4.69) is 10.1 Å². The Labute approximate surface area is 114 Å². The van der Waals surface area contributed by atoms with Crippen molar-refractivity contribution in [1.82, 2.24) is 10.1 Å². The number of halogens is 1. The number of aliphatic carboxylic acids is 1. The summed E-state index contributed by atoms with van der Waals surface area (Å²) in [6.07, 6.45) is 1.10. The van der Waals surface area contributed by atoms with E-state index in [1.54, 1.807) is 6.07 Å². The smallest absolute Gasteiger partial charge is 0.307 e. The minimum Gasteiger partial charge on any atom is -0.481 e. The SMILES string of the molecule is O=C(O)C1CC1c1nc(Cc2cccc(Cl)c2)no1. The molecule has 3 rings (SSSR count). The van der Waals surface area contributed by atoms with E-state index >= 15 is 0 Å². The minimum atomic E-state index is -0.806. The van der Waals surface area contributed by atoms with Crippen LogP contribution in [-0.4, -0.2) is 21.2 Å². The molecule has 1 aliphatic rings. The van der Waals surface area contributed by atoms with Crippen molar-refractivity contribution < 1.29 is 14.4 Å². The maximum Gasteiger partial charge on any atom is 0.307 e. The molecule has 1 N–H and O–H groups in total. The van der Waals surface area contributed by atoms with Crippen LogP contribution in [0.2, 0.25) is 5.02 Å². The molecule has 19 heavy (non-hydrogen) atoms. The Bertz CT molecular complexity index is 626. The van der Waals surface area contributed by atoms with Crippen LogP contribution >= 0.6 is 11.6 Å². The molecule has 0 aliphatic heterocycles. The van der Waals surface area contributed by atoms with Crippen molar-refractivity contribution in [2.75, 3.05) is 0 Å². The van der Waals surface area contributed by atoms with Crippen molar-refractivity contribution in [3.8, 4) is 0 Å². The highest BCUT2D eigenvalue weighted by atomic mass is 35.5. The number of carboxylic acids is 1. The lowest BCUT2D eigenvalue weighted by Crippen LogP contribution is -1.99. The largest absolute Gasteiger partial charge is 0.481 e. The first-order chi connectivity index (χ1) is 9.13. The van der Waals surface area contributed by atoms with Crippen molar-refractivity contribution in [3.05, 3.63) is 46.6 Å². The first-order valence-corrected chi connectivity index (χ1v) is 6.31. The normalized spacial score (nSPS) is 21.3. The molecule has 2 aromatic rings. The van der Waals surface area contributed by atoms with Gasteiger partial charge in [0, 0.05) is 11.4 Å². The molecule has 1 aliphatic carbocycles. The molecule has 1 saturated carbocycles. The molecule has 5 nitrogen and oxygen atoms in total. The van der Waals surface area contributed by atoms with Gasteiger partial charge < -0.3 is 9.63 Å². The second kappa shape index (κ2) is 4.66. The number of nitrogens with zero attached hydrogens (tertiary/aromatic N) is 2. The quantitative estimate of drug-likeness (QED) is 0.930. The van der Waals surface area contributed by atoms with Crippen LogP contribution < -0.4 is 0 Å². The van der Waals surface area contributed by atoms with E-state index in [-0.39, 0.29) is 11.8 Å². The first-order valence-electron chi connectivity index (χ1n) is 5.93. The average molecular weight is 279 g/mol. The molecule has 1 heterocycles. The lowest BCUT2D eigenvalue weighted by Gasteiger charge is -1.96. The summed E-state index contributed by atoms with van der Waals surface area (Å²) in [5, 5.41) is 13.4. The maximum atomic E-state index is 10.8. The number of carboxylic acid groups (broad SMARTS) is 1. The molecule has 0 radical (unpaired) electrons. The third-order valence-electron chi connectivity index (χ3n) is 3.16. The Balaban J connectivity index is 1.71. The van der Waals surface area contributed by atoms with E-state index in [1.807, 2.05) is 18.2 Å². The van der Waals surface area contributed by atoms with Crippen molar-refractivity contribution >= 4 is 17.6 Å². The zero-order valence-corrected chi connectivity index (χ0v) is 10.7. The Hall–Kier alpha value is -1.88. The fraction of sp³-hybridized carbons (Fsp3) is 0.308. The number of carbonyl (C=O) groups is 1. The highest BCUT2D eigenvalue weighted by molar-refractivity contribution is 6.30. The Morgan fingerprint density at radius 1 is 1.53 bits per heavy atom. The zero-order valence-electron chi connectivity index (χ0n) is 9.91. The van der Waals surface area contributed by atoms with Crippen LogP contribution in [0.1, 0.15) is 29.6 Å². The number of benzene rings is 1. The summed E-state index contributed by atoms with van der Waals surface area (Å²) < 4.78 is 5.11. The minimum absolute atomic E-state index is 0.127. The Morgan fingerprint density at radius 3 is 3.05 bits per heavy atom. The fourth-order valence-electron chi connectivity index (χ4n) is 2.06. The van der Waals surface area contributed by atoms with Gasteiger partial charge in [0.2, 0.25) is 5.89 Å². The lowest BCUT2D eigenvalue weighted by atomic mass is 10.1. The molecule has 2 atom stereocenters. The van der Waals surface area contributed by atoms with Gasteiger partial charge in [0.1, 0.15) is 0 Å². The number of hydrogen-bond acceptors (Lipinski definition) is 4. The summed E-state index contributed by atoms with van der Waals surface area (Å²) in [4.78, 5) is 15.0. The zero-order chi connectivity index (χ0) is 13.4. The highest BCUT2D eigenvalue weighted by Gasteiger charge is 2.48. The molecule has 1 aromatic carbocycles. The third-order valence-corrected chi connectivity index (χ3v) is 3.39. The van der Waals surface area contributed by atoms with Crippen LogP contribution in [0, 0.1) is 5.92 Å². The summed E-state index contributed by atoms with van der Waals surface area (Å²) in [7, 11) is 0. The second-order valence-corrected chi connectivity index (χ2v) is 5.08. The van der Waals surface area contributed by atoms with E-state index in [1.165, 1.54) is 0 Å². The average Bonchev–Trinajstić information content (AvgIpc) is 3.04. The van der Waals surface area contributed by atoms with Gasteiger partial charge >= 0.3 is 5.97 Å². The molecule has 0 amide bonds. The number of aromatic nitrogens is 2. The van der Waals surface area contributed by atoms with Crippen LogP contribution in [0.5, 0.6) is 0 Å². The molecule has 98 valence electrons. The molecule has 1 aromatic heterocycles. The van der Waals surface area contributed by atoms with E-state index in [0.29, 0.717) is 29.6 Å². The van der Waals surface area contributed by atoms with Gasteiger partial charge in [-0.3, -0.25) is 4.79 Å². The molecule has 0 saturated heterocycles. The maximum absolute atomic E-state index is 10.8. The van der Waals surface area contributed by atoms with Crippen LogP contribution in [-0.2, 0) is 11.2 Å². The van der Waals surface area contributed by atoms with Gasteiger partial charge in [-0.15, -0.1) is 0 Å². The highest BCUT2D eigenvalue weighted by Crippen LogP contribution is 2.46. The number of hydrogen-bond donors (Lipinski definition) is 1. The van der Waals surface area contributed by atoms with E-state index < -0.39 is 5.97 Å². The van der Waals surface area contributed by atoms with Gasteiger partial charge in [-0.2, -0.15) is 4.98 Å². The summed E-state index contributed by atoms with van der Waals surface area (Å²) in [5.41, 5.74) is 0.991. The second-order valence-electron chi connectivity index (χ2n) is 4.64. The monoisotopic (exact) mass is 278 g/mol. The predicted molar refractivity (Wildman–Crippen MR) is 67.0 cm³/mol. The van der Waals surface area contributed by atoms with Crippen LogP contribution in [0.15, 0.2) is 28.8 Å². The lowest BCUT2D eigenvalue weighted by molar-refractivity contribution is -0.138. The molecule has 6 heteroatoms. The summed E-state index contributed by atoms with van der Waals surface area (Å²) in [5.74, 6) is -0.338. The fourth-order valence-corrected chi connectivity index (χ4v) is 2.27. The van der Waals surface area contributed by atoms with Crippen LogP contribution in [0.3, 0.4) is 0 Å². The van der Waals surface area contributed by atoms with Crippen molar-refractivity contribution in [2.45, 2.75) is 18.8 Å². The standard InChI is InChI=1S/C13H11ClN2O3/c14-8-3-1-2-7(4-8)5-11-15-12(19-16-11)9-6-10(9)13(17)18/h1-4,9-10H,5-6H2,(H,17,18). The van der Waals surface area contributed by atoms with Gasteiger partial charge in [0.25, 0.3) is 0 Å². The van der Waals surface area contributed by atoms with Gasteiger partial charge in [-0.1, -0.05) is 28.9 Å². The van der Waals surface area contributed by atoms with Gasteiger partial charge in [-0.25, -0.2) is 0 Å². The molecule has 0 bridgehead atoms. The number of rotatable bonds is 4. The van der Waals surface area contributed by atoms with Crippen LogP contribution in [0.4, 0.5) is 0 Å². The summed E-state index contributed by atoms with van der Waals surface area (Å²) in [6, 6.07) is 7.43. The van der Waals surface area contributed by atoms with Crippen molar-refractivity contribution in [1.29, 1.82) is 0 Å². The molecular formula is C13H11ClN2O3. The molecule has 2 unspecified atom stereocenters. The van der Waals surface area contributed by atoms with Crippen molar-refractivity contribution in [3.63, 3.8) is 0 Å². The van der Waals surface area contributed by atoms with Crippen LogP contribution in [0.25, 0.3) is 0 Å². The third kappa shape index (κ3) is 2.61. The van der Waals surface area contributed by atoms with Crippen molar-refractivity contribution in [2.24, 2.45) is 5.92 Å². The van der Waals surface area contributed by atoms with Gasteiger partial charge in [-0.05, 0) is 24.1 Å². The van der Waals surface area contributed by atoms with E-state index in [9.17, 15) is 4.79 Å². The first kappa shape index (κ1) is 12.2. The predicted octanol–water partition coefficient (Wildman–Crippen LogP) is 2.50. The van der Waals surface area contributed by atoms with E-state index in [0.717, 1.165) is 5.56 Å². The Morgan fingerprint density at radius 2 is 2.37 bits per heavy atom. The Kier molecular flexibility index (Phi) is 2.98. The molecular weight excluding hydrogens is 268 g/mol. The topological polar surface area (TPSA) is 76.2 Å². The van der Waals surface area contributed by atoms with E-state index in [4.69, 9.17) is 21.2 Å².